The molecule has 0 radical (unpaired) electrons. The van der Waals surface area contributed by atoms with Gasteiger partial charge in [0.05, 0.1) is 22.4 Å². The highest BCUT2D eigenvalue weighted by molar-refractivity contribution is 6.51. The Labute approximate surface area is 175 Å². The van der Waals surface area contributed by atoms with Gasteiger partial charge in [0.25, 0.3) is 17.4 Å². The van der Waals surface area contributed by atoms with Crippen LogP contribution in [0.1, 0.15) is 22.9 Å². The molecule has 31 heavy (non-hydrogen) atoms. The molecule has 1 atom stereocenters. The lowest BCUT2D eigenvalue weighted by atomic mass is 9.99. The number of hydrogen-bond donors (Lipinski definition) is 2. The molecular formula is C22H16N2O7. The Kier molecular flexibility index (Phi) is 4.78. The highest BCUT2D eigenvalue weighted by Crippen LogP contribution is 2.45. The summed E-state index contributed by atoms with van der Waals surface area (Å²) in [6, 6.07) is 11.5. The van der Waals surface area contributed by atoms with Crippen molar-refractivity contribution in [2.75, 3.05) is 4.90 Å². The third-order valence-electron chi connectivity index (χ3n) is 5.00. The van der Waals surface area contributed by atoms with E-state index in [4.69, 9.17) is 4.42 Å². The standard InChI is InChI=1S/C22H16N2O7/c1-12-4-9-16(25)15(11-12)23-19(17-3-2-10-31-17)18(21(27)22(23)28)20(26)13-5-7-14(8-6-13)24(29)30/h2-11,19,25-26H,1H3/b20-18-. The first kappa shape index (κ1) is 19.9. The minimum Gasteiger partial charge on any atom is -0.507 e. The number of ketones is 1. The number of benzene rings is 2. The minimum atomic E-state index is -1.14. The number of phenols is 1. The first-order valence-electron chi connectivity index (χ1n) is 9.18. The van der Waals surface area contributed by atoms with Gasteiger partial charge in [-0.2, -0.15) is 0 Å². The molecule has 2 N–H and O–H groups in total. The van der Waals surface area contributed by atoms with Gasteiger partial charge >= 0.3 is 0 Å². The molecule has 9 nitrogen and oxygen atoms in total. The highest BCUT2D eigenvalue weighted by Gasteiger charge is 2.49. The van der Waals surface area contributed by atoms with E-state index < -0.39 is 28.4 Å². The molecule has 156 valence electrons. The molecule has 0 bridgehead atoms. The van der Waals surface area contributed by atoms with E-state index in [9.17, 15) is 29.9 Å². The zero-order chi connectivity index (χ0) is 22.3. The van der Waals surface area contributed by atoms with Crippen LogP contribution in [0.15, 0.2) is 70.9 Å². The van der Waals surface area contributed by atoms with Crippen LogP contribution in [0.4, 0.5) is 11.4 Å². The van der Waals surface area contributed by atoms with Gasteiger partial charge in [-0.15, -0.1) is 0 Å². The summed E-state index contributed by atoms with van der Waals surface area (Å²) in [5.74, 6) is -2.46. The molecular weight excluding hydrogens is 404 g/mol. The number of Topliss-reactive ketones (excluding diaryl/α,β-unsaturated/α-hetero) is 1. The van der Waals surface area contributed by atoms with Crippen molar-refractivity contribution in [2.24, 2.45) is 0 Å². The Morgan fingerprint density at radius 2 is 1.84 bits per heavy atom. The third kappa shape index (κ3) is 3.31. The molecule has 2 heterocycles. The fraction of sp³-hybridized carbons (Fsp3) is 0.0909. The van der Waals surface area contributed by atoms with E-state index in [0.717, 1.165) is 10.5 Å². The lowest BCUT2D eigenvalue weighted by molar-refractivity contribution is -0.384. The molecule has 3 aromatic rings. The summed E-state index contributed by atoms with van der Waals surface area (Å²) in [6.07, 6.45) is 1.36. The summed E-state index contributed by atoms with van der Waals surface area (Å²) < 4.78 is 5.44. The quantitative estimate of drug-likeness (QED) is 0.215. The van der Waals surface area contributed by atoms with Crippen molar-refractivity contribution in [3.63, 3.8) is 0 Å². The van der Waals surface area contributed by atoms with E-state index in [1.807, 2.05) is 0 Å². The Hall–Kier alpha value is -4.40. The summed E-state index contributed by atoms with van der Waals surface area (Å²) in [5, 5.41) is 32.2. The monoisotopic (exact) mass is 420 g/mol. The average Bonchev–Trinajstić information content (AvgIpc) is 3.37. The molecule has 0 spiro atoms. The predicted molar refractivity (Wildman–Crippen MR) is 109 cm³/mol. The normalized spacial score (nSPS) is 17.8. The molecule has 1 aromatic heterocycles. The van der Waals surface area contributed by atoms with Crippen LogP contribution in [0.25, 0.3) is 5.76 Å². The summed E-state index contributed by atoms with van der Waals surface area (Å²) in [4.78, 5) is 37.3. The number of nitrogens with zero attached hydrogens (tertiary/aromatic N) is 2. The van der Waals surface area contributed by atoms with Gasteiger partial charge in [0.1, 0.15) is 23.3 Å². The van der Waals surface area contributed by atoms with Gasteiger partial charge in [-0.25, -0.2) is 0 Å². The van der Waals surface area contributed by atoms with E-state index in [-0.39, 0.29) is 34.0 Å². The molecule has 1 aliphatic heterocycles. The summed E-state index contributed by atoms with van der Waals surface area (Å²) >= 11 is 0. The van der Waals surface area contributed by atoms with Crippen LogP contribution in [0.5, 0.6) is 5.75 Å². The fourth-order valence-electron chi connectivity index (χ4n) is 3.52. The predicted octanol–water partition coefficient (Wildman–Crippen LogP) is 3.83. The number of anilines is 1. The number of aryl methyl sites for hydroxylation is 1. The van der Waals surface area contributed by atoms with Crippen molar-refractivity contribution >= 4 is 28.8 Å². The Morgan fingerprint density at radius 1 is 1.13 bits per heavy atom. The van der Waals surface area contributed by atoms with E-state index in [1.165, 1.54) is 36.6 Å². The van der Waals surface area contributed by atoms with E-state index in [2.05, 4.69) is 0 Å². The van der Waals surface area contributed by atoms with Crippen molar-refractivity contribution in [1.29, 1.82) is 0 Å². The number of non-ortho nitro benzene ring substituents is 1. The first-order valence-corrected chi connectivity index (χ1v) is 9.18. The van der Waals surface area contributed by atoms with Crippen LogP contribution >= 0.6 is 0 Å². The van der Waals surface area contributed by atoms with Crippen molar-refractivity contribution in [3.05, 3.63) is 93.4 Å². The maximum Gasteiger partial charge on any atom is 0.300 e. The second kappa shape index (κ2) is 7.45. The largest absolute Gasteiger partial charge is 0.507 e. The van der Waals surface area contributed by atoms with Crippen LogP contribution in [0, 0.1) is 17.0 Å². The minimum absolute atomic E-state index is 0.0891. The Morgan fingerprint density at radius 3 is 2.45 bits per heavy atom. The second-order valence-electron chi connectivity index (χ2n) is 6.98. The third-order valence-corrected chi connectivity index (χ3v) is 5.00. The molecule has 0 saturated carbocycles. The zero-order valence-electron chi connectivity index (χ0n) is 16.2. The maximum atomic E-state index is 13.0. The molecule has 1 fully saturated rings. The van der Waals surface area contributed by atoms with E-state index in [0.29, 0.717) is 0 Å². The number of aliphatic hydroxyl groups excluding tert-OH is 1. The second-order valence-corrected chi connectivity index (χ2v) is 6.98. The number of aliphatic hydroxyl groups is 1. The molecule has 2 aromatic carbocycles. The number of furan rings is 1. The number of phenolic OH excluding ortho intramolecular Hbond substituents is 1. The number of hydrogen-bond acceptors (Lipinski definition) is 7. The molecule has 9 heteroatoms. The number of nitro benzene ring substituents is 1. The van der Waals surface area contributed by atoms with Gasteiger partial charge in [0.2, 0.25) is 0 Å². The average molecular weight is 420 g/mol. The zero-order valence-corrected chi connectivity index (χ0v) is 16.2. The van der Waals surface area contributed by atoms with E-state index >= 15 is 0 Å². The molecule has 1 unspecified atom stereocenters. The SMILES string of the molecule is Cc1ccc(O)c(N2C(=O)C(=O)/C(=C(\O)c3ccc([N+](=O)[O-])cc3)C2c2ccco2)c1. The fourth-order valence-corrected chi connectivity index (χ4v) is 3.52. The van der Waals surface area contributed by atoms with Crippen LogP contribution in [-0.2, 0) is 9.59 Å². The van der Waals surface area contributed by atoms with Crippen LogP contribution in [-0.4, -0.2) is 26.8 Å². The van der Waals surface area contributed by atoms with Crippen molar-refractivity contribution in [3.8, 4) is 5.75 Å². The van der Waals surface area contributed by atoms with Gasteiger partial charge in [-0.1, -0.05) is 6.07 Å². The van der Waals surface area contributed by atoms with Crippen molar-refractivity contribution in [1.82, 2.24) is 0 Å². The number of carbonyl (C=O) groups is 2. The maximum absolute atomic E-state index is 13.0. The van der Waals surface area contributed by atoms with Gasteiger partial charge in [-0.3, -0.25) is 24.6 Å². The molecule has 1 aliphatic rings. The van der Waals surface area contributed by atoms with Crippen molar-refractivity contribution in [2.45, 2.75) is 13.0 Å². The van der Waals surface area contributed by atoms with Crippen LogP contribution in [0.3, 0.4) is 0 Å². The lowest BCUT2D eigenvalue weighted by Gasteiger charge is -2.24. The van der Waals surface area contributed by atoms with Crippen LogP contribution < -0.4 is 4.90 Å². The van der Waals surface area contributed by atoms with Gasteiger partial charge in [0.15, 0.2) is 0 Å². The summed E-state index contributed by atoms with van der Waals surface area (Å²) in [7, 11) is 0. The highest BCUT2D eigenvalue weighted by atomic mass is 16.6. The smallest absolute Gasteiger partial charge is 0.300 e. The number of aromatic hydroxyl groups is 1. The topological polar surface area (TPSA) is 134 Å². The molecule has 4 rings (SSSR count). The van der Waals surface area contributed by atoms with E-state index in [1.54, 1.807) is 31.2 Å². The number of rotatable bonds is 4. The van der Waals surface area contributed by atoms with Gasteiger partial charge in [0, 0.05) is 17.7 Å². The summed E-state index contributed by atoms with van der Waals surface area (Å²) in [6.45, 7) is 1.76. The van der Waals surface area contributed by atoms with Crippen LogP contribution in [0.2, 0.25) is 0 Å². The van der Waals surface area contributed by atoms with Gasteiger partial charge in [-0.05, 0) is 48.9 Å². The Bertz CT molecular complexity index is 1230. The number of amides is 1. The van der Waals surface area contributed by atoms with Gasteiger partial charge < -0.3 is 14.6 Å². The molecule has 1 saturated heterocycles. The number of nitro groups is 1. The molecule has 1 amide bonds. The lowest BCUT2D eigenvalue weighted by Crippen LogP contribution is -2.29. The Balaban J connectivity index is 1.92. The van der Waals surface area contributed by atoms with Crippen molar-refractivity contribution < 1.29 is 29.1 Å². The summed E-state index contributed by atoms with van der Waals surface area (Å²) in [5.41, 5.74) is 0.502. The number of carbonyl (C=O) groups excluding carboxylic acids is 2. The molecule has 0 aliphatic carbocycles. The first-order chi connectivity index (χ1) is 14.8.